The maximum Gasteiger partial charge on any atom is 0.128 e. The number of ether oxygens (including phenoxy) is 1. The highest BCUT2D eigenvalue weighted by Gasteiger charge is 2.07. The first kappa shape index (κ1) is 15.0. The fourth-order valence-corrected chi connectivity index (χ4v) is 2.59. The second kappa shape index (κ2) is 6.88. The van der Waals surface area contributed by atoms with E-state index in [1.165, 1.54) is 0 Å². The average Bonchev–Trinajstić information content (AvgIpc) is 2.41. The van der Waals surface area contributed by atoms with Crippen molar-refractivity contribution in [2.45, 2.75) is 19.4 Å². The molecule has 20 heavy (non-hydrogen) atoms. The Bertz CT molecular complexity index is 564. The molecule has 0 saturated heterocycles. The van der Waals surface area contributed by atoms with Crippen LogP contribution in [0.25, 0.3) is 0 Å². The van der Waals surface area contributed by atoms with E-state index in [0.717, 1.165) is 21.3 Å². The van der Waals surface area contributed by atoms with E-state index < -0.39 is 6.10 Å². The molecule has 3 nitrogen and oxygen atoms in total. The minimum absolute atomic E-state index is 0.147. The van der Waals surface area contributed by atoms with Gasteiger partial charge in [-0.1, -0.05) is 34.1 Å². The second-order valence-corrected chi connectivity index (χ2v) is 5.43. The predicted molar refractivity (Wildman–Crippen MR) is 82.1 cm³/mol. The van der Waals surface area contributed by atoms with Crippen LogP contribution >= 0.6 is 15.9 Å². The van der Waals surface area contributed by atoms with Crippen LogP contribution in [0, 0.1) is 0 Å². The van der Waals surface area contributed by atoms with Gasteiger partial charge in [0.25, 0.3) is 0 Å². The monoisotopic (exact) mass is 336 g/mol. The molecule has 0 unspecified atom stereocenters. The minimum atomic E-state index is -0.517. The first-order valence-electron chi connectivity index (χ1n) is 6.45. The van der Waals surface area contributed by atoms with Crippen molar-refractivity contribution >= 4 is 15.9 Å². The van der Waals surface area contributed by atoms with E-state index in [1.54, 1.807) is 6.92 Å². The quantitative estimate of drug-likeness (QED) is 0.872. The van der Waals surface area contributed by atoms with Gasteiger partial charge in [0.2, 0.25) is 0 Å². The summed E-state index contributed by atoms with van der Waals surface area (Å²) in [6, 6.07) is 13.1. The van der Waals surface area contributed by atoms with E-state index in [2.05, 4.69) is 15.9 Å². The van der Waals surface area contributed by atoms with Gasteiger partial charge in [0.15, 0.2) is 0 Å². The van der Waals surface area contributed by atoms with Crippen molar-refractivity contribution in [3.8, 4) is 11.5 Å². The van der Waals surface area contributed by atoms with Crippen LogP contribution in [0.15, 0.2) is 46.9 Å². The van der Waals surface area contributed by atoms with Gasteiger partial charge in [0.1, 0.15) is 11.5 Å². The van der Waals surface area contributed by atoms with Gasteiger partial charge in [-0.2, -0.15) is 0 Å². The number of rotatable bonds is 5. The molecular weight excluding hydrogens is 320 g/mol. The standard InChI is InChI=1S/C16H17BrO3/c1-11(19)15-7-6-14(10-16(15)17)20-13-4-2-12(3-5-13)8-9-18/h2-7,10-11,18-19H,8-9H2,1H3/t11-/m1/s1. The molecule has 1 atom stereocenters. The number of aliphatic hydroxyl groups is 2. The molecule has 2 N–H and O–H groups in total. The summed E-state index contributed by atoms with van der Waals surface area (Å²) in [5.41, 5.74) is 1.90. The Kier molecular flexibility index (Phi) is 5.17. The van der Waals surface area contributed by atoms with Gasteiger partial charge in [-0.25, -0.2) is 0 Å². The van der Waals surface area contributed by atoms with Crippen LogP contribution in [0.2, 0.25) is 0 Å². The molecule has 2 aromatic rings. The Morgan fingerprint density at radius 3 is 2.30 bits per heavy atom. The zero-order chi connectivity index (χ0) is 14.5. The Hall–Kier alpha value is -1.36. The third-order valence-electron chi connectivity index (χ3n) is 2.98. The largest absolute Gasteiger partial charge is 0.457 e. The van der Waals surface area contributed by atoms with Gasteiger partial charge in [0.05, 0.1) is 6.10 Å². The second-order valence-electron chi connectivity index (χ2n) is 4.58. The third kappa shape index (κ3) is 3.82. The Balaban J connectivity index is 2.11. The molecule has 0 aromatic heterocycles. The highest BCUT2D eigenvalue weighted by atomic mass is 79.9. The molecule has 0 heterocycles. The van der Waals surface area contributed by atoms with Gasteiger partial charge in [-0.05, 0) is 48.7 Å². The topological polar surface area (TPSA) is 49.7 Å². The zero-order valence-corrected chi connectivity index (χ0v) is 12.8. The summed E-state index contributed by atoms with van der Waals surface area (Å²) in [5.74, 6) is 1.44. The number of hydrogen-bond acceptors (Lipinski definition) is 3. The highest BCUT2D eigenvalue weighted by molar-refractivity contribution is 9.10. The van der Waals surface area contributed by atoms with E-state index in [-0.39, 0.29) is 6.61 Å². The number of benzene rings is 2. The van der Waals surface area contributed by atoms with Crippen LogP contribution < -0.4 is 4.74 Å². The Morgan fingerprint density at radius 2 is 1.75 bits per heavy atom. The predicted octanol–water partition coefficient (Wildman–Crippen LogP) is 3.83. The number of halogens is 1. The SMILES string of the molecule is C[C@@H](O)c1ccc(Oc2ccc(CCO)cc2)cc1Br. The van der Waals surface area contributed by atoms with Crippen molar-refractivity contribution < 1.29 is 14.9 Å². The van der Waals surface area contributed by atoms with Gasteiger partial charge in [-0.15, -0.1) is 0 Å². The van der Waals surface area contributed by atoms with Crippen molar-refractivity contribution in [1.29, 1.82) is 0 Å². The number of aliphatic hydroxyl groups excluding tert-OH is 2. The van der Waals surface area contributed by atoms with Crippen LogP contribution in [-0.4, -0.2) is 16.8 Å². The van der Waals surface area contributed by atoms with Gasteiger partial charge in [0, 0.05) is 11.1 Å². The highest BCUT2D eigenvalue weighted by Crippen LogP contribution is 2.30. The molecule has 0 spiro atoms. The summed E-state index contributed by atoms with van der Waals surface area (Å²) in [6.45, 7) is 1.87. The summed E-state index contributed by atoms with van der Waals surface area (Å²) < 4.78 is 6.57. The summed E-state index contributed by atoms with van der Waals surface area (Å²) in [6.07, 6.45) is 0.130. The fourth-order valence-electron chi connectivity index (χ4n) is 1.90. The van der Waals surface area contributed by atoms with Gasteiger partial charge in [-0.3, -0.25) is 0 Å². The molecule has 0 fully saturated rings. The third-order valence-corrected chi connectivity index (χ3v) is 3.67. The lowest BCUT2D eigenvalue weighted by molar-refractivity contribution is 0.198. The van der Waals surface area contributed by atoms with Crippen LogP contribution in [0.5, 0.6) is 11.5 Å². The molecular formula is C16H17BrO3. The van der Waals surface area contributed by atoms with E-state index in [4.69, 9.17) is 9.84 Å². The molecule has 0 saturated carbocycles. The molecule has 0 amide bonds. The van der Waals surface area contributed by atoms with Gasteiger partial charge >= 0.3 is 0 Å². The summed E-state index contributed by atoms with van der Waals surface area (Å²) in [4.78, 5) is 0. The minimum Gasteiger partial charge on any atom is -0.457 e. The van der Waals surface area contributed by atoms with Crippen molar-refractivity contribution in [1.82, 2.24) is 0 Å². The smallest absolute Gasteiger partial charge is 0.128 e. The van der Waals surface area contributed by atoms with E-state index >= 15 is 0 Å². The molecule has 0 bridgehead atoms. The van der Waals surface area contributed by atoms with Crippen molar-refractivity contribution in [2.75, 3.05) is 6.61 Å². The van der Waals surface area contributed by atoms with E-state index in [1.807, 2.05) is 42.5 Å². The molecule has 106 valence electrons. The van der Waals surface area contributed by atoms with Crippen LogP contribution in [0.3, 0.4) is 0 Å². The molecule has 2 aromatic carbocycles. The van der Waals surface area contributed by atoms with Crippen molar-refractivity contribution in [3.05, 3.63) is 58.1 Å². The summed E-state index contributed by atoms with van der Waals surface area (Å²) in [7, 11) is 0. The van der Waals surface area contributed by atoms with Crippen molar-refractivity contribution in [2.24, 2.45) is 0 Å². The molecule has 0 radical (unpaired) electrons. The van der Waals surface area contributed by atoms with Crippen LogP contribution in [0.1, 0.15) is 24.2 Å². The van der Waals surface area contributed by atoms with Crippen LogP contribution in [0.4, 0.5) is 0 Å². The maximum atomic E-state index is 9.57. The Morgan fingerprint density at radius 1 is 1.10 bits per heavy atom. The molecule has 0 aliphatic heterocycles. The van der Waals surface area contributed by atoms with Crippen LogP contribution in [-0.2, 0) is 6.42 Å². The lowest BCUT2D eigenvalue weighted by Crippen LogP contribution is -1.93. The lowest BCUT2D eigenvalue weighted by Gasteiger charge is -2.11. The normalized spacial score (nSPS) is 12.2. The first-order valence-corrected chi connectivity index (χ1v) is 7.24. The average molecular weight is 337 g/mol. The molecule has 2 rings (SSSR count). The molecule has 4 heteroatoms. The van der Waals surface area contributed by atoms with E-state index in [0.29, 0.717) is 12.2 Å². The zero-order valence-electron chi connectivity index (χ0n) is 11.2. The summed E-state index contributed by atoms with van der Waals surface area (Å²) >= 11 is 3.43. The maximum absolute atomic E-state index is 9.57. The lowest BCUT2D eigenvalue weighted by atomic mass is 10.1. The number of hydrogen-bond donors (Lipinski definition) is 2. The fraction of sp³-hybridized carbons (Fsp3) is 0.250. The first-order chi connectivity index (χ1) is 9.60. The van der Waals surface area contributed by atoms with E-state index in [9.17, 15) is 5.11 Å². The molecule has 0 aliphatic rings. The molecule has 0 aliphatic carbocycles. The Labute approximate surface area is 127 Å². The summed E-state index contributed by atoms with van der Waals surface area (Å²) in [5, 5.41) is 18.4. The van der Waals surface area contributed by atoms with Crippen molar-refractivity contribution in [3.63, 3.8) is 0 Å². The van der Waals surface area contributed by atoms with Gasteiger partial charge < -0.3 is 14.9 Å².